The van der Waals surface area contributed by atoms with E-state index in [0.717, 1.165) is 37.7 Å². The Morgan fingerprint density at radius 3 is 2.83 bits per heavy atom. The zero-order valence-corrected chi connectivity index (χ0v) is 13.5. The first-order chi connectivity index (χ1) is 11.1. The fraction of sp³-hybridized carbons (Fsp3) is 0.588. The lowest BCUT2D eigenvalue weighted by atomic mass is 9.90. The Morgan fingerprint density at radius 1 is 1.30 bits per heavy atom. The van der Waals surface area contributed by atoms with Crippen LogP contribution in [-0.4, -0.2) is 33.8 Å². The normalized spacial score (nSPS) is 25.6. The third-order valence-electron chi connectivity index (χ3n) is 4.95. The summed E-state index contributed by atoms with van der Waals surface area (Å²) in [6, 6.07) is 3.71. The van der Waals surface area contributed by atoms with E-state index in [0.29, 0.717) is 13.0 Å². The van der Waals surface area contributed by atoms with Crippen LogP contribution in [0.1, 0.15) is 57.1 Å². The minimum atomic E-state index is -0.717. The minimum absolute atomic E-state index is 0.0948. The lowest BCUT2D eigenvalue weighted by molar-refractivity contribution is -0.155. The van der Waals surface area contributed by atoms with Gasteiger partial charge < -0.3 is 4.90 Å². The van der Waals surface area contributed by atoms with E-state index in [2.05, 4.69) is 10.5 Å². The smallest absolute Gasteiger partial charge is 0.269 e. The molecule has 0 aliphatic carbocycles. The van der Waals surface area contributed by atoms with E-state index in [9.17, 15) is 9.59 Å². The van der Waals surface area contributed by atoms with E-state index >= 15 is 0 Å². The van der Waals surface area contributed by atoms with Crippen LogP contribution >= 0.6 is 0 Å². The number of fused-ring (bicyclic) bond motifs is 1. The van der Waals surface area contributed by atoms with Gasteiger partial charge in [-0.1, -0.05) is 6.42 Å². The fourth-order valence-electron chi connectivity index (χ4n) is 3.62. The van der Waals surface area contributed by atoms with E-state index in [1.807, 2.05) is 19.1 Å². The molecule has 2 amide bonds. The van der Waals surface area contributed by atoms with Crippen molar-refractivity contribution >= 4 is 11.8 Å². The Hall–Kier alpha value is -1.95. The summed E-state index contributed by atoms with van der Waals surface area (Å²) in [4.78, 5) is 36.4. The van der Waals surface area contributed by atoms with E-state index in [1.54, 1.807) is 17.3 Å². The van der Waals surface area contributed by atoms with Gasteiger partial charge in [-0.25, -0.2) is 5.48 Å². The maximum atomic E-state index is 12.8. The summed E-state index contributed by atoms with van der Waals surface area (Å²) in [5, 5.41) is 0. The molecule has 2 fully saturated rings. The number of hydroxylamine groups is 1. The number of pyridine rings is 1. The predicted octanol–water partition coefficient (Wildman–Crippen LogP) is 2.13. The molecule has 2 saturated heterocycles. The molecule has 1 N–H and O–H groups in total. The molecule has 3 heterocycles. The molecule has 3 rings (SSSR count). The van der Waals surface area contributed by atoms with Gasteiger partial charge in [-0.3, -0.25) is 19.4 Å². The molecule has 2 aliphatic heterocycles. The molecule has 6 heteroatoms. The molecule has 0 radical (unpaired) electrons. The van der Waals surface area contributed by atoms with Crippen molar-refractivity contribution in [1.29, 1.82) is 0 Å². The van der Waals surface area contributed by atoms with Crippen LogP contribution in [0.3, 0.4) is 0 Å². The third-order valence-corrected chi connectivity index (χ3v) is 4.95. The molecule has 1 aromatic rings. The van der Waals surface area contributed by atoms with Gasteiger partial charge in [0, 0.05) is 25.4 Å². The van der Waals surface area contributed by atoms with Crippen molar-refractivity contribution in [3.8, 4) is 0 Å². The number of aromatic nitrogens is 1. The largest absolute Gasteiger partial charge is 0.328 e. The summed E-state index contributed by atoms with van der Waals surface area (Å²) >= 11 is 0. The number of hydrogen-bond acceptors (Lipinski definition) is 4. The Balaban J connectivity index is 1.68. The first-order valence-corrected chi connectivity index (χ1v) is 8.30. The number of carbonyl (C=O) groups excluding carboxylic acids is 2. The second kappa shape index (κ2) is 6.66. The lowest BCUT2D eigenvalue weighted by Gasteiger charge is -2.35. The van der Waals surface area contributed by atoms with Crippen molar-refractivity contribution in [3.05, 3.63) is 30.1 Å². The number of carbonyl (C=O) groups is 2. The zero-order valence-electron chi connectivity index (χ0n) is 13.5. The maximum absolute atomic E-state index is 12.8. The number of amides is 2. The average Bonchev–Trinajstić information content (AvgIpc) is 2.95. The van der Waals surface area contributed by atoms with E-state index in [1.165, 1.54) is 0 Å². The SMILES string of the molecule is C[C@H](ONC(=O)C12CCCCC(=O)N1CCC2)c1ccncc1. The van der Waals surface area contributed by atoms with Crippen LogP contribution < -0.4 is 5.48 Å². The molecule has 6 nitrogen and oxygen atoms in total. The van der Waals surface area contributed by atoms with Gasteiger partial charge in [0.05, 0.1) is 0 Å². The van der Waals surface area contributed by atoms with Gasteiger partial charge in [0.25, 0.3) is 5.91 Å². The van der Waals surface area contributed by atoms with Gasteiger partial charge in [0.15, 0.2) is 0 Å². The molecular weight excluding hydrogens is 294 g/mol. The van der Waals surface area contributed by atoms with Crippen molar-refractivity contribution in [2.45, 2.75) is 57.1 Å². The predicted molar refractivity (Wildman–Crippen MR) is 84.0 cm³/mol. The van der Waals surface area contributed by atoms with Crippen molar-refractivity contribution in [1.82, 2.24) is 15.4 Å². The topological polar surface area (TPSA) is 71.5 Å². The molecule has 0 spiro atoms. The van der Waals surface area contributed by atoms with Gasteiger partial charge in [-0.2, -0.15) is 0 Å². The number of nitrogens with one attached hydrogen (secondary N) is 1. The highest BCUT2D eigenvalue weighted by Gasteiger charge is 2.50. The second-order valence-corrected chi connectivity index (χ2v) is 6.36. The van der Waals surface area contributed by atoms with E-state index in [4.69, 9.17) is 4.84 Å². The summed E-state index contributed by atoms with van der Waals surface area (Å²) in [5.74, 6) is -0.0940. The molecule has 0 aromatic carbocycles. The Labute approximate surface area is 136 Å². The molecule has 1 unspecified atom stereocenters. The Bertz CT molecular complexity index is 578. The lowest BCUT2D eigenvalue weighted by Crippen LogP contribution is -2.56. The standard InChI is InChI=1S/C17H23N3O3/c1-13(14-6-10-18-11-7-14)23-19-16(22)17-8-3-2-5-15(21)20(17)12-4-9-17/h6-7,10-11,13H,2-5,8-9,12H2,1H3,(H,19,22)/t13-,17?/m0/s1. The van der Waals surface area contributed by atoms with Crippen LogP contribution in [-0.2, 0) is 14.4 Å². The highest BCUT2D eigenvalue weighted by Crippen LogP contribution is 2.37. The van der Waals surface area contributed by atoms with E-state index < -0.39 is 5.54 Å². The van der Waals surface area contributed by atoms with Crippen molar-refractivity contribution in [2.24, 2.45) is 0 Å². The fourth-order valence-corrected chi connectivity index (χ4v) is 3.62. The first kappa shape index (κ1) is 15.9. The summed E-state index contributed by atoms with van der Waals surface area (Å²) < 4.78 is 0. The number of rotatable bonds is 4. The summed E-state index contributed by atoms with van der Waals surface area (Å²) in [7, 11) is 0. The van der Waals surface area contributed by atoms with Crippen molar-refractivity contribution < 1.29 is 14.4 Å². The highest BCUT2D eigenvalue weighted by molar-refractivity contribution is 5.92. The molecule has 2 aliphatic rings. The average molecular weight is 317 g/mol. The summed E-state index contributed by atoms with van der Waals surface area (Å²) in [6.45, 7) is 2.55. The molecule has 0 saturated carbocycles. The zero-order chi connectivity index (χ0) is 16.3. The summed E-state index contributed by atoms with van der Waals surface area (Å²) in [5.41, 5.74) is 2.83. The van der Waals surface area contributed by atoms with Crippen LogP contribution in [0, 0.1) is 0 Å². The van der Waals surface area contributed by atoms with Crippen LogP contribution in [0.2, 0.25) is 0 Å². The van der Waals surface area contributed by atoms with Gasteiger partial charge in [0.2, 0.25) is 5.91 Å². The number of hydrogen-bond donors (Lipinski definition) is 1. The molecule has 1 aromatic heterocycles. The number of nitrogens with zero attached hydrogens (tertiary/aromatic N) is 2. The van der Waals surface area contributed by atoms with Gasteiger partial charge in [-0.15, -0.1) is 0 Å². The van der Waals surface area contributed by atoms with Gasteiger partial charge in [0.1, 0.15) is 11.6 Å². The van der Waals surface area contributed by atoms with Crippen LogP contribution in [0.5, 0.6) is 0 Å². The molecule has 2 atom stereocenters. The molecule has 23 heavy (non-hydrogen) atoms. The quantitative estimate of drug-likeness (QED) is 0.864. The molecule has 124 valence electrons. The second-order valence-electron chi connectivity index (χ2n) is 6.36. The molecular formula is C17H23N3O3. The van der Waals surface area contributed by atoms with Crippen LogP contribution in [0.25, 0.3) is 0 Å². The van der Waals surface area contributed by atoms with Gasteiger partial charge >= 0.3 is 0 Å². The third kappa shape index (κ3) is 3.08. The first-order valence-electron chi connectivity index (χ1n) is 8.30. The van der Waals surface area contributed by atoms with Crippen molar-refractivity contribution in [2.75, 3.05) is 6.54 Å². The highest BCUT2D eigenvalue weighted by atomic mass is 16.7. The minimum Gasteiger partial charge on any atom is -0.328 e. The molecule has 0 bridgehead atoms. The Morgan fingerprint density at radius 2 is 2.04 bits per heavy atom. The summed E-state index contributed by atoms with van der Waals surface area (Å²) in [6.07, 6.45) is 7.73. The van der Waals surface area contributed by atoms with Crippen LogP contribution in [0.4, 0.5) is 0 Å². The Kier molecular flexibility index (Phi) is 4.61. The van der Waals surface area contributed by atoms with Crippen LogP contribution in [0.15, 0.2) is 24.5 Å². The maximum Gasteiger partial charge on any atom is 0.269 e. The van der Waals surface area contributed by atoms with Gasteiger partial charge in [-0.05, 0) is 50.3 Å². The monoisotopic (exact) mass is 317 g/mol. The van der Waals surface area contributed by atoms with Crippen molar-refractivity contribution in [3.63, 3.8) is 0 Å². The van der Waals surface area contributed by atoms with E-state index in [-0.39, 0.29) is 17.9 Å².